The number of carboxylic acid groups (broad SMARTS) is 1. The highest BCUT2D eigenvalue weighted by Crippen LogP contribution is 2.41. The lowest BCUT2D eigenvalue weighted by molar-refractivity contribution is -0.663. The van der Waals surface area contributed by atoms with Gasteiger partial charge in [-0.05, 0) is 5.57 Å². The predicted octanol–water partition coefficient (Wildman–Crippen LogP) is 0.0559. The zero-order valence-corrected chi connectivity index (χ0v) is 25.7. The first-order chi connectivity index (χ1) is 21.5. The molecule has 0 bridgehead atoms. The van der Waals surface area contributed by atoms with Crippen molar-refractivity contribution in [2.45, 2.75) is 24.5 Å². The summed E-state index contributed by atoms with van der Waals surface area (Å²) in [4.78, 5) is 52.8. The quantitative estimate of drug-likeness (QED) is 0.0495. The number of nitrogens with one attached hydrogen (secondary N) is 1. The Morgan fingerprint density at radius 3 is 2.84 bits per heavy atom. The number of hydrogen-bond acceptors (Lipinski definition) is 11. The fourth-order valence-corrected chi connectivity index (χ4v) is 7.35. The molecule has 4 aromatic rings. The summed E-state index contributed by atoms with van der Waals surface area (Å²) in [7, 11) is 1.24. The molecule has 1 fully saturated rings. The van der Waals surface area contributed by atoms with Gasteiger partial charge in [0.1, 0.15) is 64.7 Å². The van der Waals surface area contributed by atoms with Crippen LogP contribution in [0.3, 0.4) is 0 Å². The first kappa shape index (κ1) is 30.0. The Morgan fingerprint density at radius 1 is 1.36 bits per heavy atom. The number of imidazole rings is 1. The number of thiazole rings is 1. The van der Waals surface area contributed by atoms with Crippen LogP contribution in [-0.4, -0.2) is 77.9 Å². The number of carbonyl (C=O) groups is 3. The van der Waals surface area contributed by atoms with Gasteiger partial charge in [0.2, 0.25) is 0 Å². The molecule has 2 atom stereocenters. The molecule has 1 saturated heterocycles. The number of nitrogens with zero attached hydrogens (tertiary/aromatic N) is 7. The van der Waals surface area contributed by atoms with Gasteiger partial charge in [0.25, 0.3) is 11.8 Å². The minimum absolute atomic E-state index is 0.0103. The summed E-state index contributed by atoms with van der Waals surface area (Å²) in [5.74, 6) is -1.74. The van der Waals surface area contributed by atoms with Crippen LogP contribution in [0.15, 0.2) is 62.8 Å². The Kier molecular flexibility index (Phi) is 7.89. The third-order valence-electron chi connectivity index (χ3n) is 6.93. The van der Waals surface area contributed by atoms with Gasteiger partial charge in [-0.1, -0.05) is 28.1 Å². The smallest absolute Gasteiger partial charge is 0.352 e. The van der Waals surface area contributed by atoms with Crippen molar-refractivity contribution in [3.63, 3.8) is 0 Å². The molecule has 4 aromatic heterocycles. The van der Waals surface area contributed by atoms with Crippen LogP contribution in [-0.2, 0) is 32.3 Å². The molecule has 20 heteroatoms. The number of oxime groups is 1. The Hall–Kier alpha value is -5.01. The average molecular weight is 675 g/mol. The van der Waals surface area contributed by atoms with E-state index in [1.54, 1.807) is 6.07 Å². The van der Waals surface area contributed by atoms with E-state index in [1.165, 1.54) is 30.0 Å². The van der Waals surface area contributed by atoms with E-state index in [4.69, 9.17) is 38.1 Å². The topological polar surface area (TPSA) is 238 Å². The van der Waals surface area contributed by atoms with Gasteiger partial charge in [0.15, 0.2) is 23.0 Å². The van der Waals surface area contributed by atoms with Crippen molar-refractivity contribution in [2.75, 3.05) is 18.6 Å². The summed E-state index contributed by atoms with van der Waals surface area (Å²) in [6.07, 6.45) is 6.95. The maximum atomic E-state index is 13.3. The van der Waals surface area contributed by atoms with Gasteiger partial charge in [0, 0.05) is 11.8 Å². The first-order valence-corrected chi connectivity index (χ1v) is 15.3. The summed E-state index contributed by atoms with van der Waals surface area (Å²) in [6.45, 7) is 0.597. The number of halogens is 1. The zero-order valence-electron chi connectivity index (χ0n) is 23.3. The normalized spacial score (nSPS) is 18.1. The lowest BCUT2D eigenvalue weighted by Gasteiger charge is -2.49. The number of thioether (sulfide) groups is 1. The molecule has 17 nitrogen and oxygen atoms in total. The number of carboxylic acids is 1. The van der Waals surface area contributed by atoms with Crippen LogP contribution in [0.5, 0.6) is 0 Å². The molecule has 0 spiro atoms. The molecule has 6 rings (SSSR count). The summed E-state index contributed by atoms with van der Waals surface area (Å²) in [5, 5.41) is 15.9. The number of anilines is 1. The highest BCUT2D eigenvalue weighted by atomic mass is 35.5. The monoisotopic (exact) mass is 674 g/mol. The minimum atomic E-state index is -1.25. The number of aliphatic carboxylic acids is 1. The number of guanidine groups is 1. The van der Waals surface area contributed by atoms with Gasteiger partial charge < -0.3 is 36.9 Å². The van der Waals surface area contributed by atoms with Gasteiger partial charge in [-0.15, -0.1) is 16.3 Å². The van der Waals surface area contributed by atoms with E-state index in [2.05, 4.69) is 20.4 Å². The molecule has 45 heavy (non-hydrogen) atoms. The molecule has 0 aliphatic carbocycles. The van der Waals surface area contributed by atoms with Crippen molar-refractivity contribution in [1.82, 2.24) is 24.4 Å². The van der Waals surface area contributed by atoms with E-state index in [0.29, 0.717) is 29.3 Å². The van der Waals surface area contributed by atoms with Gasteiger partial charge >= 0.3 is 11.6 Å². The summed E-state index contributed by atoms with van der Waals surface area (Å²) in [6, 6.07) is 2.59. The van der Waals surface area contributed by atoms with Crippen LogP contribution in [0.2, 0.25) is 4.34 Å². The number of aromatic nitrogens is 4. The van der Waals surface area contributed by atoms with Gasteiger partial charge in [-0.25, -0.2) is 24.0 Å². The van der Waals surface area contributed by atoms with E-state index >= 15 is 0 Å². The number of furan rings is 1. The molecule has 8 N–H and O–H groups in total. The molecular formula is C25H25ClN11O6S2+. The van der Waals surface area contributed by atoms with Crippen molar-refractivity contribution >= 4 is 80.6 Å². The zero-order chi connectivity index (χ0) is 32.0. The van der Waals surface area contributed by atoms with Crippen molar-refractivity contribution < 1.29 is 33.3 Å². The number of carbonyl (C=O) groups excluding carboxylic acids is 2. The summed E-state index contributed by atoms with van der Waals surface area (Å²) in [5.41, 5.74) is 18.0. The van der Waals surface area contributed by atoms with E-state index in [0.717, 1.165) is 17.0 Å². The van der Waals surface area contributed by atoms with Crippen molar-refractivity contribution in [3.05, 3.63) is 64.0 Å². The van der Waals surface area contributed by atoms with E-state index in [-0.39, 0.29) is 39.1 Å². The maximum Gasteiger partial charge on any atom is 0.352 e. The van der Waals surface area contributed by atoms with Gasteiger partial charge in [-0.2, -0.15) is 0 Å². The SMILES string of the molecule is CO/N=C(\C(=O)N[C@@H]1C(=O)N2C(C(=O)O)=C(Cn3ccc4n3cc[n+]4Cc3cc(N=C(N)N)co3)CS[C@H]12)c1nc(N)sc1Cl. The Bertz CT molecular complexity index is 1930. The number of nitrogen functional groups attached to an aromatic ring is 1. The number of amides is 2. The Labute approximate surface area is 266 Å². The van der Waals surface area contributed by atoms with E-state index in [9.17, 15) is 19.5 Å². The fraction of sp³-hybridized carbons (Fsp3) is 0.240. The second kappa shape index (κ2) is 11.8. The third kappa shape index (κ3) is 5.56. The van der Waals surface area contributed by atoms with Crippen LogP contribution in [0.1, 0.15) is 11.5 Å². The summed E-state index contributed by atoms with van der Waals surface area (Å²) < 4.78 is 11.3. The second-order valence-corrected chi connectivity index (χ2v) is 12.5. The summed E-state index contributed by atoms with van der Waals surface area (Å²) >= 11 is 8.44. The molecule has 0 aromatic carbocycles. The van der Waals surface area contributed by atoms with Crippen molar-refractivity contribution in [2.24, 2.45) is 21.6 Å². The molecule has 0 radical (unpaired) electrons. The first-order valence-electron chi connectivity index (χ1n) is 13.0. The van der Waals surface area contributed by atoms with Crippen molar-refractivity contribution in [3.8, 4) is 0 Å². The van der Waals surface area contributed by atoms with Crippen LogP contribution < -0.4 is 27.1 Å². The number of β-lactam (4-membered cyclic amide) rings is 1. The van der Waals surface area contributed by atoms with Crippen molar-refractivity contribution in [1.29, 1.82) is 0 Å². The molecule has 2 aliphatic rings. The molecule has 0 unspecified atom stereocenters. The van der Waals surface area contributed by atoms with Crippen LogP contribution in [0, 0.1) is 0 Å². The molecule has 234 valence electrons. The molecule has 2 aliphatic heterocycles. The van der Waals surface area contributed by atoms with E-state index < -0.39 is 29.2 Å². The number of nitrogens with two attached hydrogens (primary N) is 3. The fourth-order valence-electron chi connectivity index (χ4n) is 5.09. The maximum absolute atomic E-state index is 13.3. The minimum Gasteiger partial charge on any atom is -0.477 e. The lowest BCUT2D eigenvalue weighted by atomic mass is 10.0. The number of hydrogen-bond donors (Lipinski definition) is 5. The Morgan fingerprint density at radius 2 is 2.16 bits per heavy atom. The lowest BCUT2D eigenvalue weighted by Crippen LogP contribution is -2.71. The largest absolute Gasteiger partial charge is 0.477 e. The average Bonchev–Trinajstić information content (AvgIpc) is 3.77. The molecular weight excluding hydrogens is 650 g/mol. The number of fused-ring (bicyclic) bond motifs is 2. The van der Waals surface area contributed by atoms with E-state index in [1.807, 2.05) is 38.4 Å². The molecule has 2 amide bonds. The molecule has 0 saturated carbocycles. The highest BCUT2D eigenvalue weighted by molar-refractivity contribution is 8.00. The molecule has 6 heterocycles. The van der Waals surface area contributed by atoms with Crippen LogP contribution in [0.4, 0.5) is 10.8 Å². The van der Waals surface area contributed by atoms with Crippen LogP contribution >= 0.6 is 34.7 Å². The Balaban J connectivity index is 1.19. The van der Waals surface area contributed by atoms with Gasteiger partial charge in [-0.3, -0.25) is 14.5 Å². The standard InChI is InChI=1S/C25H24ClN11O6S2/c1-42-33-16(15-19(26)45-25(29)32-15)20(38)31-17-21(39)37-18(23(40)41)11(10-44-22(17)37)7-35-3-2-14-34(4-5-36(14)35)8-13-6-12(9-43-13)30-24(27)28/h2-6,9,17,22H,7-8,10H2,1H3,(H7-,27,28,29,30,31,32,38,40,41)/p+1/b33-16-/t17-,22-/m1/s1. The third-order valence-corrected chi connectivity index (χ3v) is 9.35. The number of rotatable bonds is 10. The van der Waals surface area contributed by atoms with Crippen LogP contribution in [0.25, 0.3) is 5.65 Å². The van der Waals surface area contributed by atoms with Gasteiger partial charge in [0.05, 0.1) is 18.8 Å². The number of aliphatic imine (C=N–C) groups is 1. The predicted molar refractivity (Wildman–Crippen MR) is 164 cm³/mol. The second-order valence-electron chi connectivity index (χ2n) is 9.77. The highest BCUT2D eigenvalue weighted by Gasteiger charge is 2.54.